The van der Waals surface area contributed by atoms with Gasteiger partial charge in [0.15, 0.2) is 5.96 Å². The van der Waals surface area contributed by atoms with E-state index < -0.39 is 6.04 Å². The number of esters is 1. The van der Waals surface area contributed by atoms with Gasteiger partial charge in [0.2, 0.25) is 0 Å². The third kappa shape index (κ3) is 3.31. The Labute approximate surface area is 77.3 Å². The van der Waals surface area contributed by atoms with E-state index in [-0.39, 0.29) is 5.97 Å². The van der Waals surface area contributed by atoms with Crippen LogP contribution in [0.1, 0.15) is 19.8 Å². The normalized spacial score (nSPS) is 19.4. The molecule has 1 rings (SSSR count). The Morgan fingerprint density at radius 1 is 1.69 bits per heavy atom. The van der Waals surface area contributed by atoms with Gasteiger partial charge in [-0.05, 0) is 19.8 Å². The summed E-state index contributed by atoms with van der Waals surface area (Å²) in [4.78, 5) is 15.1. The number of ether oxygens (including phenoxy) is 1. The predicted molar refractivity (Wildman–Crippen MR) is 49.3 cm³/mol. The van der Waals surface area contributed by atoms with Crippen molar-refractivity contribution >= 4 is 11.9 Å². The number of nitrogens with zero attached hydrogens (tertiary/aromatic N) is 1. The number of guanidine groups is 1. The van der Waals surface area contributed by atoms with Gasteiger partial charge in [-0.15, -0.1) is 0 Å². The second kappa shape index (κ2) is 4.11. The molecule has 1 saturated carbocycles. The average molecular weight is 185 g/mol. The molecule has 0 heterocycles. The van der Waals surface area contributed by atoms with Crippen LogP contribution in [0.4, 0.5) is 0 Å². The van der Waals surface area contributed by atoms with E-state index in [1.54, 1.807) is 6.92 Å². The lowest BCUT2D eigenvalue weighted by molar-refractivity contribution is -0.142. The van der Waals surface area contributed by atoms with E-state index in [0.29, 0.717) is 12.0 Å². The Hall–Kier alpha value is -1.26. The molecule has 1 atom stereocenters. The molecular weight excluding hydrogens is 170 g/mol. The molecule has 1 fully saturated rings. The molecule has 0 aliphatic heterocycles. The Kier molecular flexibility index (Phi) is 3.11. The zero-order chi connectivity index (χ0) is 9.84. The first-order chi connectivity index (χ1) is 6.13. The molecule has 0 radical (unpaired) electrons. The van der Waals surface area contributed by atoms with E-state index >= 15 is 0 Å². The first-order valence-corrected chi connectivity index (χ1v) is 4.31. The summed E-state index contributed by atoms with van der Waals surface area (Å²) in [6.07, 6.45) is 2.18. The minimum absolute atomic E-state index is 0.320. The van der Waals surface area contributed by atoms with Crippen molar-refractivity contribution < 1.29 is 9.53 Å². The lowest BCUT2D eigenvalue weighted by Crippen LogP contribution is -2.43. The van der Waals surface area contributed by atoms with E-state index in [9.17, 15) is 4.79 Å². The summed E-state index contributed by atoms with van der Waals surface area (Å²) >= 11 is 0. The van der Waals surface area contributed by atoms with Gasteiger partial charge in [0, 0.05) is 0 Å². The average Bonchev–Trinajstić information content (AvgIpc) is 2.86. The monoisotopic (exact) mass is 185 g/mol. The number of rotatable bonds is 3. The zero-order valence-electron chi connectivity index (χ0n) is 7.91. The summed E-state index contributed by atoms with van der Waals surface area (Å²) in [6.45, 7) is 1.68. The summed E-state index contributed by atoms with van der Waals surface area (Å²) in [5, 5.41) is 2.76. The van der Waals surface area contributed by atoms with Crippen LogP contribution in [0.25, 0.3) is 0 Å². The lowest BCUT2D eigenvalue weighted by atomic mass is 10.3. The van der Waals surface area contributed by atoms with Crippen LogP contribution >= 0.6 is 0 Å². The quantitative estimate of drug-likeness (QED) is 0.357. The molecule has 0 bridgehead atoms. The maximum Gasteiger partial charge on any atom is 0.328 e. The van der Waals surface area contributed by atoms with Gasteiger partial charge in [0.1, 0.15) is 6.04 Å². The molecule has 1 unspecified atom stereocenters. The van der Waals surface area contributed by atoms with Crippen LogP contribution in [-0.2, 0) is 9.53 Å². The fourth-order valence-corrected chi connectivity index (χ4v) is 0.895. The molecule has 5 nitrogen and oxygen atoms in total. The number of aliphatic imine (C=N–C) groups is 1. The highest BCUT2D eigenvalue weighted by Crippen LogP contribution is 2.22. The van der Waals surface area contributed by atoms with Crippen LogP contribution in [0.15, 0.2) is 4.99 Å². The van der Waals surface area contributed by atoms with Gasteiger partial charge in [0.25, 0.3) is 0 Å². The topological polar surface area (TPSA) is 76.7 Å². The highest BCUT2D eigenvalue weighted by molar-refractivity contribution is 5.85. The molecule has 13 heavy (non-hydrogen) atoms. The van der Waals surface area contributed by atoms with E-state index in [0.717, 1.165) is 12.8 Å². The highest BCUT2D eigenvalue weighted by Gasteiger charge is 2.21. The summed E-state index contributed by atoms with van der Waals surface area (Å²) < 4.78 is 4.52. The fraction of sp³-hybridized carbons (Fsp3) is 0.750. The molecule has 1 aliphatic carbocycles. The second-order valence-corrected chi connectivity index (χ2v) is 3.13. The van der Waals surface area contributed by atoms with Crippen LogP contribution < -0.4 is 11.1 Å². The van der Waals surface area contributed by atoms with E-state index in [4.69, 9.17) is 5.73 Å². The number of nitrogens with two attached hydrogens (primary N) is 1. The van der Waals surface area contributed by atoms with Crippen molar-refractivity contribution in [1.29, 1.82) is 0 Å². The molecule has 0 amide bonds. The van der Waals surface area contributed by atoms with Crippen LogP contribution in [0.2, 0.25) is 0 Å². The van der Waals surface area contributed by atoms with Crippen molar-refractivity contribution in [1.82, 2.24) is 5.32 Å². The molecule has 0 spiro atoms. The Morgan fingerprint density at radius 2 is 2.31 bits per heavy atom. The largest absolute Gasteiger partial charge is 0.467 e. The standard InChI is InChI=1S/C8H15N3O2/c1-5(7(12)13-2)10-8(9)11-6-3-4-6/h5-6H,3-4H2,1-2H3,(H3,9,10,11). The van der Waals surface area contributed by atoms with Gasteiger partial charge in [0.05, 0.1) is 13.2 Å². The number of carbonyl (C=O) groups excluding carboxylic acids is 1. The molecule has 0 aromatic heterocycles. The lowest BCUT2D eigenvalue weighted by Gasteiger charge is -2.11. The number of hydrogen-bond donors (Lipinski definition) is 2. The van der Waals surface area contributed by atoms with Crippen molar-refractivity contribution in [3.8, 4) is 0 Å². The summed E-state index contributed by atoms with van der Waals surface area (Å²) in [5.74, 6) is -0.0191. The van der Waals surface area contributed by atoms with Crippen molar-refractivity contribution in [2.75, 3.05) is 7.11 Å². The van der Waals surface area contributed by atoms with Gasteiger partial charge >= 0.3 is 5.97 Å². The first kappa shape index (κ1) is 9.83. The second-order valence-electron chi connectivity index (χ2n) is 3.13. The van der Waals surface area contributed by atoms with Gasteiger partial charge < -0.3 is 15.8 Å². The van der Waals surface area contributed by atoms with Gasteiger partial charge in [-0.1, -0.05) is 0 Å². The fourth-order valence-electron chi connectivity index (χ4n) is 0.895. The smallest absolute Gasteiger partial charge is 0.328 e. The van der Waals surface area contributed by atoms with Crippen LogP contribution in [0.5, 0.6) is 0 Å². The van der Waals surface area contributed by atoms with Crippen LogP contribution in [-0.4, -0.2) is 31.1 Å². The molecule has 5 heteroatoms. The number of methoxy groups -OCH3 is 1. The molecular formula is C8H15N3O2. The molecule has 0 aromatic carbocycles. The summed E-state index contributed by atoms with van der Waals surface area (Å²) in [7, 11) is 1.34. The number of carbonyl (C=O) groups is 1. The third-order valence-corrected chi connectivity index (χ3v) is 1.79. The molecule has 0 aromatic rings. The summed E-state index contributed by atoms with van der Waals surface area (Å²) in [6, 6.07) is -0.0788. The Morgan fingerprint density at radius 3 is 2.77 bits per heavy atom. The summed E-state index contributed by atoms with van der Waals surface area (Å²) in [5.41, 5.74) is 5.54. The van der Waals surface area contributed by atoms with Gasteiger partial charge in [-0.25, -0.2) is 4.79 Å². The van der Waals surface area contributed by atoms with Crippen molar-refractivity contribution in [2.45, 2.75) is 31.8 Å². The van der Waals surface area contributed by atoms with E-state index in [1.807, 2.05) is 0 Å². The van der Waals surface area contributed by atoms with Crippen molar-refractivity contribution in [3.63, 3.8) is 0 Å². The van der Waals surface area contributed by atoms with Crippen LogP contribution in [0, 0.1) is 0 Å². The Bertz CT molecular complexity index is 223. The van der Waals surface area contributed by atoms with Gasteiger partial charge in [-0.3, -0.25) is 4.99 Å². The SMILES string of the molecule is COC(=O)C(C)NC(N)=NC1CC1. The minimum atomic E-state index is -0.438. The third-order valence-electron chi connectivity index (χ3n) is 1.79. The van der Waals surface area contributed by atoms with Gasteiger partial charge in [-0.2, -0.15) is 0 Å². The first-order valence-electron chi connectivity index (χ1n) is 4.31. The molecule has 74 valence electrons. The zero-order valence-corrected chi connectivity index (χ0v) is 7.91. The number of hydrogen-bond acceptors (Lipinski definition) is 3. The van der Waals surface area contributed by atoms with Crippen molar-refractivity contribution in [3.05, 3.63) is 0 Å². The van der Waals surface area contributed by atoms with Crippen molar-refractivity contribution in [2.24, 2.45) is 10.7 Å². The maximum absolute atomic E-state index is 11.0. The molecule has 1 aliphatic rings. The Balaban J connectivity index is 2.33. The molecule has 0 saturated heterocycles. The maximum atomic E-state index is 11.0. The van der Waals surface area contributed by atoms with E-state index in [1.165, 1.54) is 7.11 Å². The predicted octanol–water partition coefficient (Wildman–Crippen LogP) is -0.385. The highest BCUT2D eigenvalue weighted by atomic mass is 16.5. The van der Waals surface area contributed by atoms with Crippen LogP contribution in [0.3, 0.4) is 0 Å². The molecule has 3 N–H and O–H groups in total. The minimum Gasteiger partial charge on any atom is -0.467 e. The van der Waals surface area contributed by atoms with E-state index in [2.05, 4.69) is 15.0 Å². The number of nitrogens with one attached hydrogen (secondary N) is 1.